The zero-order chi connectivity index (χ0) is 20.4. The first-order valence-electron chi connectivity index (χ1n) is 10.2. The molecule has 2 N–H and O–H groups in total. The number of aliphatic imine (C=N–C) groups is 1. The van der Waals surface area contributed by atoms with Crippen molar-refractivity contribution in [2.45, 2.75) is 25.9 Å². The van der Waals surface area contributed by atoms with Crippen LogP contribution in [-0.4, -0.2) is 88.9 Å². The van der Waals surface area contributed by atoms with Crippen LogP contribution in [0.4, 0.5) is 0 Å². The van der Waals surface area contributed by atoms with Gasteiger partial charge in [-0.1, -0.05) is 12.1 Å². The highest BCUT2D eigenvalue weighted by Crippen LogP contribution is 2.23. The van der Waals surface area contributed by atoms with E-state index in [2.05, 4.69) is 58.5 Å². The van der Waals surface area contributed by atoms with Crippen molar-refractivity contribution in [3.63, 3.8) is 0 Å². The van der Waals surface area contributed by atoms with Gasteiger partial charge in [0, 0.05) is 45.8 Å². The van der Waals surface area contributed by atoms with Crippen molar-refractivity contribution in [1.29, 1.82) is 0 Å². The van der Waals surface area contributed by atoms with E-state index in [0.717, 1.165) is 57.6 Å². The number of nitrogens with zero attached hydrogens (tertiary/aromatic N) is 3. The van der Waals surface area contributed by atoms with Crippen molar-refractivity contribution >= 4 is 29.9 Å². The topological polar surface area (TPSA) is 61.4 Å². The molecule has 0 bridgehead atoms. The largest absolute Gasteiger partial charge is 0.497 e. The van der Waals surface area contributed by atoms with Crippen LogP contribution in [0.5, 0.6) is 5.75 Å². The summed E-state index contributed by atoms with van der Waals surface area (Å²) in [6, 6.07) is 9.14. The fourth-order valence-corrected chi connectivity index (χ4v) is 3.20. The fraction of sp³-hybridized carbons (Fsp3) is 0.667. The molecule has 0 aromatic heterocycles. The Kier molecular flexibility index (Phi) is 12.5. The van der Waals surface area contributed by atoms with E-state index in [1.165, 1.54) is 5.56 Å². The number of halogens is 1. The average Bonchev–Trinajstić information content (AvgIpc) is 2.73. The molecule has 1 heterocycles. The van der Waals surface area contributed by atoms with E-state index in [-0.39, 0.29) is 30.0 Å². The van der Waals surface area contributed by atoms with Crippen molar-refractivity contribution in [2.24, 2.45) is 4.99 Å². The maximum absolute atomic E-state index is 5.54. The fourth-order valence-electron chi connectivity index (χ4n) is 3.20. The summed E-state index contributed by atoms with van der Waals surface area (Å²) in [6.45, 7) is 10.5. The standard InChI is InChI=1S/C21H37N5O2.HI/c1-17(2)25(4)11-10-23-21(22-3)24-16-20(26-12-14-28-15-13-26)18-6-8-19(27-5)9-7-18;/h6-9,17,20H,10-16H2,1-5H3,(H2,22,23,24);1H. The van der Waals surface area contributed by atoms with Crippen LogP contribution >= 0.6 is 24.0 Å². The number of likely N-dealkylation sites (N-methyl/N-ethyl adjacent to an activating group) is 1. The molecule has 0 spiro atoms. The van der Waals surface area contributed by atoms with Crippen LogP contribution < -0.4 is 15.4 Å². The quantitative estimate of drug-likeness (QED) is 0.297. The molecule has 2 rings (SSSR count). The smallest absolute Gasteiger partial charge is 0.191 e. The summed E-state index contributed by atoms with van der Waals surface area (Å²) < 4.78 is 10.8. The van der Waals surface area contributed by atoms with Crippen LogP contribution in [0.15, 0.2) is 29.3 Å². The summed E-state index contributed by atoms with van der Waals surface area (Å²) >= 11 is 0. The van der Waals surface area contributed by atoms with E-state index in [0.29, 0.717) is 6.04 Å². The van der Waals surface area contributed by atoms with E-state index >= 15 is 0 Å². The SMILES string of the molecule is CN=C(NCCN(C)C(C)C)NCC(c1ccc(OC)cc1)N1CCOCC1.I. The first kappa shape index (κ1) is 25.9. The molecular formula is C21H38IN5O2. The van der Waals surface area contributed by atoms with Crippen LogP contribution in [-0.2, 0) is 4.74 Å². The van der Waals surface area contributed by atoms with Gasteiger partial charge < -0.3 is 25.0 Å². The summed E-state index contributed by atoms with van der Waals surface area (Å²) in [5.41, 5.74) is 1.27. The van der Waals surface area contributed by atoms with Crippen molar-refractivity contribution < 1.29 is 9.47 Å². The van der Waals surface area contributed by atoms with Crippen molar-refractivity contribution in [2.75, 3.05) is 67.1 Å². The minimum atomic E-state index is 0. The molecule has 0 amide bonds. The van der Waals surface area contributed by atoms with Crippen LogP contribution in [0.25, 0.3) is 0 Å². The Morgan fingerprint density at radius 2 is 1.86 bits per heavy atom. The van der Waals surface area contributed by atoms with Crippen LogP contribution in [0.2, 0.25) is 0 Å². The van der Waals surface area contributed by atoms with Crippen LogP contribution in [0, 0.1) is 0 Å². The molecule has 0 saturated carbocycles. The van der Waals surface area contributed by atoms with Gasteiger partial charge in [-0.15, -0.1) is 24.0 Å². The van der Waals surface area contributed by atoms with Gasteiger partial charge in [0.2, 0.25) is 0 Å². The average molecular weight is 519 g/mol. The van der Waals surface area contributed by atoms with E-state index < -0.39 is 0 Å². The Morgan fingerprint density at radius 3 is 2.41 bits per heavy atom. The van der Waals surface area contributed by atoms with Gasteiger partial charge in [-0.05, 0) is 38.6 Å². The zero-order valence-electron chi connectivity index (χ0n) is 18.5. The third kappa shape index (κ3) is 8.65. The van der Waals surface area contributed by atoms with Gasteiger partial charge in [-0.2, -0.15) is 0 Å². The van der Waals surface area contributed by atoms with E-state index in [1.54, 1.807) is 7.11 Å². The van der Waals surface area contributed by atoms with Crippen molar-refractivity contribution in [1.82, 2.24) is 20.4 Å². The van der Waals surface area contributed by atoms with E-state index in [4.69, 9.17) is 9.47 Å². The lowest BCUT2D eigenvalue weighted by atomic mass is 10.0. The number of morpholine rings is 1. The van der Waals surface area contributed by atoms with Gasteiger partial charge in [-0.3, -0.25) is 9.89 Å². The molecule has 1 atom stereocenters. The molecule has 29 heavy (non-hydrogen) atoms. The number of rotatable bonds is 9. The Hall–Kier alpha value is -1.10. The summed E-state index contributed by atoms with van der Waals surface area (Å²) in [7, 11) is 5.65. The molecule has 1 unspecified atom stereocenters. The van der Waals surface area contributed by atoms with Crippen LogP contribution in [0.1, 0.15) is 25.5 Å². The summed E-state index contributed by atoms with van der Waals surface area (Å²) in [4.78, 5) is 9.16. The molecule has 0 radical (unpaired) electrons. The summed E-state index contributed by atoms with van der Waals surface area (Å²) in [5.74, 6) is 1.72. The molecule has 166 valence electrons. The first-order chi connectivity index (χ1) is 13.5. The third-order valence-electron chi connectivity index (χ3n) is 5.31. The number of hydrogen-bond acceptors (Lipinski definition) is 5. The Balaban J connectivity index is 0.00000420. The lowest BCUT2D eigenvalue weighted by molar-refractivity contribution is 0.0170. The number of hydrogen-bond donors (Lipinski definition) is 2. The zero-order valence-corrected chi connectivity index (χ0v) is 20.8. The highest BCUT2D eigenvalue weighted by atomic mass is 127. The molecule has 0 aliphatic carbocycles. The third-order valence-corrected chi connectivity index (χ3v) is 5.31. The molecule has 1 aromatic rings. The Labute approximate surface area is 193 Å². The maximum Gasteiger partial charge on any atom is 0.191 e. The van der Waals surface area contributed by atoms with Gasteiger partial charge >= 0.3 is 0 Å². The second kappa shape index (κ2) is 14.0. The molecule has 1 fully saturated rings. The second-order valence-corrected chi connectivity index (χ2v) is 7.39. The molecule has 8 heteroatoms. The predicted molar refractivity (Wildman–Crippen MR) is 131 cm³/mol. The minimum Gasteiger partial charge on any atom is -0.497 e. The van der Waals surface area contributed by atoms with Gasteiger partial charge in [0.15, 0.2) is 5.96 Å². The maximum atomic E-state index is 5.54. The molecule has 1 aliphatic heterocycles. The Bertz CT molecular complexity index is 591. The number of methoxy groups -OCH3 is 1. The van der Waals surface area contributed by atoms with E-state index in [1.807, 2.05) is 19.2 Å². The number of benzene rings is 1. The molecule has 1 aliphatic rings. The number of ether oxygens (including phenoxy) is 2. The number of nitrogens with one attached hydrogen (secondary N) is 2. The summed E-state index contributed by atoms with van der Waals surface area (Å²) in [5, 5.41) is 6.92. The van der Waals surface area contributed by atoms with Crippen molar-refractivity contribution in [3.8, 4) is 5.75 Å². The predicted octanol–water partition coefficient (Wildman–Crippen LogP) is 2.19. The van der Waals surface area contributed by atoms with Gasteiger partial charge in [-0.25, -0.2) is 0 Å². The lowest BCUT2D eigenvalue weighted by Crippen LogP contribution is -2.47. The second-order valence-electron chi connectivity index (χ2n) is 7.39. The highest BCUT2D eigenvalue weighted by Gasteiger charge is 2.23. The lowest BCUT2D eigenvalue weighted by Gasteiger charge is -2.35. The monoisotopic (exact) mass is 519 g/mol. The molecule has 7 nitrogen and oxygen atoms in total. The number of guanidine groups is 1. The van der Waals surface area contributed by atoms with Crippen LogP contribution in [0.3, 0.4) is 0 Å². The van der Waals surface area contributed by atoms with E-state index in [9.17, 15) is 0 Å². The van der Waals surface area contributed by atoms with Gasteiger partial charge in [0.25, 0.3) is 0 Å². The molecule has 1 aromatic carbocycles. The minimum absolute atomic E-state index is 0. The normalized spacial score (nSPS) is 16.4. The first-order valence-corrected chi connectivity index (χ1v) is 10.2. The van der Waals surface area contributed by atoms with Gasteiger partial charge in [0.1, 0.15) is 5.75 Å². The Morgan fingerprint density at radius 1 is 1.21 bits per heavy atom. The van der Waals surface area contributed by atoms with Gasteiger partial charge in [0.05, 0.1) is 26.4 Å². The summed E-state index contributed by atoms with van der Waals surface area (Å²) in [6.07, 6.45) is 0. The molecule has 1 saturated heterocycles. The van der Waals surface area contributed by atoms with Crippen molar-refractivity contribution in [3.05, 3.63) is 29.8 Å². The molecular weight excluding hydrogens is 481 g/mol. The highest BCUT2D eigenvalue weighted by molar-refractivity contribution is 14.0.